The smallest absolute Gasteiger partial charge is 0.286 e. The van der Waals surface area contributed by atoms with Crippen LogP contribution in [0, 0.1) is 0 Å². The number of benzene rings is 2. The molecule has 6 nitrogen and oxygen atoms in total. The molecule has 7 heteroatoms. The summed E-state index contributed by atoms with van der Waals surface area (Å²) >= 11 is 1.17. The van der Waals surface area contributed by atoms with Crippen LogP contribution in [0.15, 0.2) is 58.4 Å². The summed E-state index contributed by atoms with van der Waals surface area (Å²) in [5.74, 6) is 1.90. The maximum atomic E-state index is 11.6. The molecule has 0 fully saturated rings. The lowest BCUT2D eigenvalue weighted by Crippen LogP contribution is -2.08. The number of ether oxygens (including phenoxy) is 3. The molecule has 1 aliphatic heterocycles. The number of carbonyl (C=O) groups excluding carboxylic acids is 1. The maximum absolute atomic E-state index is 11.6. The molecule has 1 aliphatic rings. The summed E-state index contributed by atoms with van der Waals surface area (Å²) in [5.41, 5.74) is 6.41. The van der Waals surface area contributed by atoms with E-state index >= 15 is 0 Å². The first-order valence-electron chi connectivity index (χ1n) is 7.92. The molecule has 3 rings (SSSR count). The summed E-state index contributed by atoms with van der Waals surface area (Å²) in [6, 6.07) is 14.8. The summed E-state index contributed by atoms with van der Waals surface area (Å²) in [5, 5.41) is 0.275. The van der Waals surface area contributed by atoms with Crippen molar-refractivity contribution in [3.05, 3.63) is 59.0 Å². The van der Waals surface area contributed by atoms with E-state index in [1.165, 1.54) is 11.8 Å². The zero-order valence-electron chi connectivity index (χ0n) is 14.2. The SMILES string of the molecule is COc1cccc(OCCOc2ccc(C=C3SC(N)=NC3=O)cc2)c1. The zero-order chi connectivity index (χ0) is 18.4. The number of methoxy groups -OCH3 is 1. The van der Waals surface area contributed by atoms with E-state index in [4.69, 9.17) is 19.9 Å². The highest BCUT2D eigenvalue weighted by Gasteiger charge is 2.19. The minimum Gasteiger partial charge on any atom is -0.497 e. The lowest BCUT2D eigenvalue weighted by atomic mass is 10.2. The van der Waals surface area contributed by atoms with Crippen LogP contribution in [0.5, 0.6) is 17.2 Å². The van der Waals surface area contributed by atoms with Gasteiger partial charge in [-0.25, -0.2) is 0 Å². The highest BCUT2D eigenvalue weighted by Crippen LogP contribution is 2.27. The number of hydrogen-bond donors (Lipinski definition) is 1. The van der Waals surface area contributed by atoms with Gasteiger partial charge < -0.3 is 19.9 Å². The fourth-order valence-corrected chi connectivity index (χ4v) is 2.93. The zero-order valence-corrected chi connectivity index (χ0v) is 15.0. The Kier molecular flexibility index (Phi) is 5.80. The molecule has 2 aromatic rings. The minimum absolute atomic E-state index is 0.275. The molecule has 0 bridgehead atoms. The van der Waals surface area contributed by atoms with E-state index in [0.717, 1.165) is 22.8 Å². The molecule has 2 aromatic carbocycles. The first-order chi connectivity index (χ1) is 12.6. The van der Waals surface area contributed by atoms with Crippen LogP contribution in [0.25, 0.3) is 6.08 Å². The Hall–Kier alpha value is -2.93. The van der Waals surface area contributed by atoms with Gasteiger partial charge in [0.1, 0.15) is 30.5 Å². The van der Waals surface area contributed by atoms with Crippen LogP contribution in [0.3, 0.4) is 0 Å². The van der Waals surface area contributed by atoms with Crippen LogP contribution in [-0.2, 0) is 4.79 Å². The van der Waals surface area contributed by atoms with E-state index in [0.29, 0.717) is 18.1 Å². The summed E-state index contributed by atoms with van der Waals surface area (Å²) < 4.78 is 16.4. The third-order valence-electron chi connectivity index (χ3n) is 3.48. The third kappa shape index (κ3) is 4.80. The molecule has 0 radical (unpaired) electrons. The Morgan fingerprint density at radius 1 is 1.04 bits per heavy atom. The van der Waals surface area contributed by atoms with Crippen LogP contribution in [0.2, 0.25) is 0 Å². The summed E-state index contributed by atoms with van der Waals surface area (Å²) in [6.45, 7) is 0.830. The topological polar surface area (TPSA) is 83.1 Å². The number of aliphatic imine (C=N–C) groups is 1. The molecule has 1 amide bonds. The molecular weight excluding hydrogens is 352 g/mol. The molecule has 0 aliphatic carbocycles. The molecule has 0 unspecified atom stereocenters. The number of thioether (sulfide) groups is 1. The Balaban J connectivity index is 1.47. The lowest BCUT2D eigenvalue weighted by Gasteiger charge is -2.09. The van der Waals surface area contributed by atoms with Crippen molar-refractivity contribution >= 4 is 28.9 Å². The number of rotatable bonds is 7. The fraction of sp³-hybridized carbons (Fsp3) is 0.158. The van der Waals surface area contributed by atoms with Gasteiger partial charge in [-0.05, 0) is 47.7 Å². The fourth-order valence-electron chi connectivity index (χ4n) is 2.25. The molecule has 2 N–H and O–H groups in total. The van der Waals surface area contributed by atoms with E-state index in [1.807, 2.05) is 48.5 Å². The van der Waals surface area contributed by atoms with Crippen LogP contribution in [-0.4, -0.2) is 31.4 Å². The first kappa shape index (κ1) is 17.9. The van der Waals surface area contributed by atoms with Crippen molar-refractivity contribution in [2.75, 3.05) is 20.3 Å². The van der Waals surface area contributed by atoms with Crippen molar-refractivity contribution in [3.8, 4) is 17.2 Å². The molecule has 0 saturated heterocycles. The summed E-state index contributed by atoms with van der Waals surface area (Å²) in [6.07, 6.45) is 1.76. The van der Waals surface area contributed by atoms with Gasteiger partial charge >= 0.3 is 0 Å². The van der Waals surface area contributed by atoms with Gasteiger partial charge in [-0.3, -0.25) is 4.79 Å². The van der Waals surface area contributed by atoms with Crippen molar-refractivity contribution < 1.29 is 19.0 Å². The van der Waals surface area contributed by atoms with E-state index < -0.39 is 0 Å². The minimum atomic E-state index is -0.303. The molecule has 0 saturated carbocycles. The number of amidine groups is 1. The quantitative estimate of drug-likeness (QED) is 0.596. The van der Waals surface area contributed by atoms with Gasteiger partial charge in [0.25, 0.3) is 5.91 Å². The van der Waals surface area contributed by atoms with Crippen LogP contribution >= 0.6 is 11.8 Å². The van der Waals surface area contributed by atoms with Gasteiger partial charge in [-0.2, -0.15) is 4.99 Å². The second-order valence-electron chi connectivity index (χ2n) is 5.31. The Morgan fingerprint density at radius 3 is 2.38 bits per heavy atom. The van der Waals surface area contributed by atoms with Crippen molar-refractivity contribution in [2.24, 2.45) is 10.7 Å². The predicted molar refractivity (Wildman–Crippen MR) is 103 cm³/mol. The van der Waals surface area contributed by atoms with Gasteiger partial charge in [0, 0.05) is 6.07 Å². The van der Waals surface area contributed by atoms with Crippen molar-refractivity contribution in [3.63, 3.8) is 0 Å². The predicted octanol–water partition coefficient (Wildman–Crippen LogP) is 3.08. The van der Waals surface area contributed by atoms with E-state index in [9.17, 15) is 4.79 Å². The van der Waals surface area contributed by atoms with E-state index in [1.54, 1.807) is 13.2 Å². The monoisotopic (exact) mass is 370 g/mol. The normalized spacial score (nSPS) is 15.0. The molecule has 0 atom stereocenters. The highest BCUT2D eigenvalue weighted by atomic mass is 32.2. The van der Waals surface area contributed by atoms with Crippen molar-refractivity contribution in [1.29, 1.82) is 0 Å². The largest absolute Gasteiger partial charge is 0.497 e. The standard InChI is InChI=1S/C19H18N2O4S/c1-23-15-3-2-4-16(12-15)25-10-9-24-14-7-5-13(6-8-14)11-17-18(22)21-19(20)26-17/h2-8,11-12H,9-10H2,1H3,(H2,20,21,22). The maximum Gasteiger partial charge on any atom is 0.286 e. The Bertz CT molecular complexity index is 847. The Morgan fingerprint density at radius 2 is 1.73 bits per heavy atom. The van der Waals surface area contributed by atoms with Gasteiger partial charge in [-0.1, -0.05) is 18.2 Å². The highest BCUT2D eigenvalue weighted by molar-refractivity contribution is 8.18. The second-order valence-corrected chi connectivity index (χ2v) is 6.37. The molecule has 0 aromatic heterocycles. The number of nitrogens with zero attached hydrogens (tertiary/aromatic N) is 1. The molecule has 26 heavy (non-hydrogen) atoms. The van der Waals surface area contributed by atoms with Gasteiger partial charge in [0.05, 0.1) is 12.0 Å². The molecule has 1 heterocycles. The van der Waals surface area contributed by atoms with Gasteiger partial charge in [-0.15, -0.1) is 0 Å². The van der Waals surface area contributed by atoms with Crippen molar-refractivity contribution in [1.82, 2.24) is 0 Å². The number of nitrogens with two attached hydrogens (primary N) is 1. The van der Waals surface area contributed by atoms with Gasteiger partial charge in [0.15, 0.2) is 5.17 Å². The average Bonchev–Trinajstić information content (AvgIpc) is 2.97. The first-order valence-corrected chi connectivity index (χ1v) is 8.73. The average molecular weight is 370 g/mol. The molecule has 0 spiro atoms. The number of hydrogen-bond acceptors (Lipinski definition) is 6. The van der Waals surface area contributed by atoms with E-state index in [-0.39, 0.29) is 11.1 Å². The van der Waals surface area contributed by atoms with Crippen LogP contribution < -0.4 is 19.9 Å². The van der Waals surface area contributed by atoms with Crippen LogP contribution in [0.1, 0.15) is 5.56 Å². The number of amides is 1. The lowest BCUT2D eigenvalue weighted by molar-refractivity contribution is -0.113. The van der Waals surface area contributed by atoms with Crippen molar-refractivity contribution in [2.45, 2.75) is 0 Å². The summed E-state index contributed by atoms with van der Waals surface area (Å²) in [4.78, 5) is 15.8. The Labute approximate surface area is 155 Å². The van der Waals surface area contributed by atoms with Crippen LogP contribution in [0.4, 0.5) is 0 Å². The molecule has 134 valence electrons. The van der Waals surface area contributed by atoms with Gasteiger partial charge in [0.2, 0.25) is 0 Å². The second kappa shape index (κ2) is 8.44. The third-order valence-corrected chi connectivity index (χ3v) is 4.29. The summed E-state index contributed by atoms with van der Waals surface area (Å²) in [7, 11) is 1.62. The van der Waals surface area contributed by atoms with E-state index in [2.05, 4.69) is 4.99 Å². The molecular formula is C19H18N2O4S. The number of carbonyl (C=O) groups is 1.